The molecule has 3 atom stereocenters. The van der Waals surface area contributed by atoms with Crippen LogP contribution in [0.4, 0.5) is 0 Å². The Balaban J connectivity index is 1.79. The maximum absolute atomic E-state index is 11.3. The molecular formula is C19H18Cl2O4. The maximum Gasteiger partial charge on any atom is 0.303 e. The van der Waals surface area contributed by atoms with Gasteiger partial charge >= 0.3 is 5.97 Å². The number of hydrogen-bond acceptors (Lipinski definition) is 4. The normalized spacial score (nSPS) is 19.7. The lowest BCUT2D eigenvalue weighted by molar-refractivity contribution is -0.149. The van der Waals surface area contributed by atoms with Gasteiger partial charge in [-0.1, -0.05) is 29.3 Å². The molecule has 3 rings (SSSR count). The number of halogens is 2. The fourth-order valence-corrected chi connectivity index (χ4v) is 3.44. The lowest BCUT2D eigenvalue weighted by Gasteiger charge is -2.17. The molecule has 6 heteroatoms. The van der Waals surface area contributed by atoms with Crippen molar-refractivity contribution in [3.8, 4) is 11.5 Å². The summed E-state index contributed by atoms with van der Waals surface area (Å²) in [5.41, 5.74) is 1.69. The molecule has 0 saturated heterocycles. The Morgan fingerprint density at radius 2 is 1.96 bits per heavy atom. The number of hydrogen-bond donors (Lipinski definition) is 0. The molecule has 0 radical (unpaired) electrons. The van der Waals surface area contributed by atoms with E-state index in [4.69, 9.17) is 37.4 Å². The molecule has 1 aliphatic heterocycles. The Kier molecular flexibility index (Phi) is 5.11. The van der Waals surface area contributed by atoms with Gasteiger partial charge in [0, 0.05) is 34.2 Å². The van der Waals surface area contributed by atoms with Gasteiger partial charge < -0.3 is 14.2 Å². The molecule has 1 heterocycles. The molecule has 0 fully saturated rings. The van der Waals surface area contributed by atoms with Gasteiger partial charge in [0.2, 0.25) is 0 Å². The van der Waals surface area contributed by atoms with Gasteiger partial charge in [0.15, 0.2) is 6.10 Å². The molecule has 0 aliphatic carbocycles. The smallest absolute Gasteiger partial charge is 0.303 e. The van der Waals surface area contributed by atoms with Gasteiger partial charge in [-0.25, -0.2) is 0 Å². The van der Waals surface area contributed by atoms with E-state index >= 15 is 0 Å². The summed E-state index contributed by atoms with van der Waals surface area (Å²) in [6.45, 7) is 5.16. The first kappa shape index (κ1) is 17.9. The van der Waals surface area contributed by atoms with Crippen LogP contribution in [-0.2, 0) is 9.53 Å². The molecule has 0 amide bonds. The first-order valence-electron chi connectivity index (χ1n) is 7.94. The van der Waals surface area contributed by atoms with E-state index in [2.05, 4.69) is 0 Å². The van der Waals surface area contributed by atoms with Gasteiger partial charge in [0.25, 0.3) is 0 Å². The van der Waals surface area contributed by atoms with Crippen molar-refractivity contribution in [2.24, 2.45) is 0 Å². The molecule has 2 aromatic carbocycles. The van der Waals surface area contributed by atoms with Crippen LogP contribution in [-0.4, -0.2) is 12.1 Å². The average molecular weight is 381 g/mol. The summed E-state index contributed by atoms with van der Waals surface area (Å²) in [6, 6.07) is 10.8. The number of carbonyl (C=O) groups excluding carboxylic acids is 1. The van der Waals surface area contributed by atoms with Crippen LogP contribution in [0.15, 0.2) is 36.4 Å². The minimum atomic E-state index is -0.398. The summed E-state index contributed by atoms with van der Waals surface area (Å²) in [5, 5.41) is 1.14. The molecule has 0 saturated carbocycles. The zero-order valence-corrected chi connectivity index (χ0v) is 15.6. The Labute approximate surface area is 156 Å². The predicted molar refractivity (Wildman–Crippen MR) is 96.5 cm³/mol. The second-order valence-electron chi connectivity index (χ2n) is 5.98. The Bertz CT molecular complexity index is 806. The minimum absolute atomic E-state index is 0.239. The molecule has 25 heavy (non-hydrogen) atoms. The molecule has 0 bridgehead atoms. The lowest BCUT2D eigenvalue weighted by Crippen LogP contribution is -2.18. The fourth-order valence-electron chi connectivity index (χ4n) is 2.88. The van der Waals surface area contributed by atoms with Crippen molar-refractivity contribution in [1.82, 2.24) is 0 Å². The standard InChI is InChI=1S/C19H18Cl2O4/c1-10(15-6-4-13(20)8-17(15)21)23-14-5-7-16-18(9-14)24-11(2)19(16)25-12(3)22/h4-11,19H,1-3H3/t10?,11?,19-/m1/s1. The van der Waals surface area contributed by atoms with Crippen molar-refractivity contribution in [1.29, 1.82) is 0 Å². The summed E-state index contributed by atoms with van der Waals surface area (Å²) in [6.07, 6.45) is -0.895. The zero-order valence-electron chi connectivity index (χ0n) is 14.1. The zero-order chi connectivity index (χ0) is 18.1. The molecule has 4 nitrogen and oxygen atoms in total. The number of carbonyl (C=O) groups is 1. The van der Waals surface area contributed by atoms with E-state index < -0.39 is 6.10 Å². The van der Waals surface area contributed by atoms with Crippen LogP contribution in [0.3, 0.4) is 0 Å². The van der Waals surface area contributed by atoms with Crippen LogP contribution in [0.1, 0.15) is 44.1 Å². The Morgan fingerprint density at radius 1 is 1.20 bits per heavy atom. The average Bonchev–Trinajstić information content (AvgIpc) is 2.81. The van der Waals surface area contributed by atoms with E-state index in [1.165, 1.54) is 6.92 Å². The topological polar surface area (TPSA) is 44.8 Å². The minimum Gasteiger partial charge on any atom is -0.486 e. The van der Waals surface area contributed by atoms with Gasteiger partial charge in [-0.2, -0.15) is 0 Å². The number of esters is 1. The largest absolute Gasteiger partial charge is 0.486 e. The highest BCUT2D eigenvalue weighted by Crippen LogP contribution is 2.41. The molecule has 0 N–H and O–H groups in total. The first-order chi connectivity index (χ1) is 11.8. The number of rotatable bonds is 4. The second-order valence-corrected chi connectivity index (χ2v) is 6.82. The second kappa shape index (κ2) is 7.14. The highest BCUT2D eigenvalue weighted by atomic mass is 35.5. The van der Waals surface area contributed by atoms with E-state index in [0.717, 1.165) is 11.1 Å². The third-order valence-electron chi connectivity index (χ3n) is 4.04. The number of ether oxygens (including phenoxy) is 3. The Hall–Kier alpha value is -1.91. The molecule has 0 spiro atoms. The van der Waals surface area contributed by atoms with E-state index in [1.807, 2.05) is 32.0 Å². The lowest BCUT2D eigenvalue weighted by atomic mass is 10.1. The third kappa shape index (κ3) is 3.86. The van der Waals surface area contributed by atoms with Crippen LogP contribution in [0, 0.1) is 0 Å². The number of benzene rings is 2. The van der Waals surface area contributed by atoms with Crippen LogP contribution in [0.25, 0.3) is 0 Å². The molecule has 2 aromatic rings. The molecule has 1 aliphatic rings. The fraction of sp³-hybridized carbons (Fsp3) is 0.316. The SMILES string of the molecule is CC(=O)O[C@H]1c2ccc(OC(C)c3ccc(Cl)cc3Cl)cc2OC1C. The summed E-state index contributed by atoms with van der Waals surface area (Å²) >= 11 is 12.2. The van der Waals surface area contributed by atoms with Gasteiger partial charge in [-0.3, -0.25) is 4.79 Å². The van der Waals surface area contributed by atoms with E-state index in [0.29, 0.717) is 21.5 Å². The van der Waals surface area contributed by atoms with E-state index in [1.54, 1.807) is 18.2 Å². The third-order valence-corrected chi connectivity index (χ3v) is 4.60. The van der Waals surface area contributed by atoms with Crippen molar-refractivity contribution in [3.05, 3.63) is 57.6 Å². The Morgan fingerprint density at radius 3 is 2.64 bits per heavy atom. The molecule has 0 aromatic heterocycles. The summed E-state index contributed by atoms with van der Waals surface area (Å²) in [5.74, 6) is 0.971. The van der Waals surface area contributed by atoms with Gasteiger partial charge in [0.05, 0.1) is 0 Å². The van der Waals surface area contributed by atoms with Crippen molar-refractivity contribution in [2.45, 2.75) is 39.1 Å². The van der Waals surface area contributed by atoms with Gasteiger partial charge in [-0.05, 0) is 38.1 Å². The van der Waals surface area contributed by atoms with E-state index in [-0.39, 0.29) is 18.2 Å². The van der Waals surface area contributed by atoms with Crippen molar-refractivity contribution in [3.63, 3.8) is 0 Å². The highest BCUT2D eigenvalue weighted by molar-refractivity contribution is 6.35. The van der Waals surface area contributed by atoms with Crippen LogP contribution >= 0.6 is 23.2 Å². The monoisotopic (exact) mass is 380 g/mol. The summed E-state index contributed by atoms with van der Waals surface area (Å²) in [4.78, 5) is 11.3. The molecule has 132 valence electrons. The van der Waals surface area contributed by atoms with Crippen LogP contribution in [0.2, 0.25) is 10.0 Å². The predicted octanol–water partition coefficient (Wildman–Crippen LogP) is 5.52. The van der Waals surface area contributed by atoms with Crippen LogP contribution in [0.5, 0.6) is 11.5 Å². The van der Waals surface area contributed by atoms with Crippen molar-refractivity contribution < 1.29 is 19.0 Å². The van der Waals surface area contributed by atoms with E-state index in [9.17, 15) is 4.79 Å². The number of fused-ring (bicyclic) bond motifs is 1. The van der Waals surface area contributed by atoms with Crippen LogP contribution < -0.4 is 9.47 Å². The van der Waals surface area contributed by atoms with Gasteiger partial charge in [-0.15, -0.1) is 0 Å². The molecular weight excluding hydrogens is 363 g/mol. The quantitative estimate of drug-likeness (QED) is 0.655. The summed E-state index contributed by atoms with van der Waals surface area (Å²) in [7, 11) is 0. The van der Waals surface area contributed by atoms with Crippen molar-refractivity contribution in [2.75, 3.05) is 0 Å². The molecule has 2 unspecified atom stereocenters. The highest BCUT2D eigenvalue weighted by Gasteiger charge is 2.34. The first-order valence-corrected chi connectivity index (χ1v) is 8.70. The maximum atomic E-state index is 11.3. The van der Waals surface area contributed by atoms with Crippen molar-refractivity contribution >= 4 is 29.2 Å². The van der Waals surface area contributed by atoms with Gasteiger partial charge in [0.1, 0.15) is 23.7 Å². The summed E-state index contributed by atoms with van der Waals surface area (Å²) < 4.78 is 17.1.